The average Bonchev–Trinajstić information content (AvgIpc) is 3.11. The second-order valence-electron chi connectivity index (χ2n) is 6.11. The highest BCUT2D eigenvalue weighted by atomic mass is 32.2. The van der Waals surface area contributed by atoms with Crippen molar-refractivity contribution in [3.8, 4) is 10.4 Å². The fraction of sp³-hybridized carbons (Fsp3) is 0.0952. The monoisotopic (exact) mass is 391 g/mol. The number of rotatable bonds is 4. The van der Waals surface area contributed by atoms with E-state index in [1.807, 2.05) is 67.8 Å². The normalized spacial score (nSPS) is 11.5. The van der Waals surface area contributed by atoms with Crippen LogP contribution in [0.5, 0.6) is 0 Å². The molecular weight excluding hydrogens is 374 g/mol. The number of benzene rings is 2. The van der Waals surface area contributed by atoms with Crippen molar-refractivity contribution < 1.29 is 0 Å². The summed E-state index contributed by atoms with van der Waals surface area (Å²) in [5.41, 5.74) is 3.41. The summed E-state index contributed by atoms with van der Waals surface area (Å²) < 4.78 is 0.948. The Morgan fingerprint density at radius 2 is 1.96 bits per heavy atom. The van der Waals surface area contributed by atoms with Gasteiger partial charge in [0.15, 0.2) is 10.2 Å². The molecule has 2 aromatic heterocycles. The van der Waals surface area contributed by atoms with Crippen LogP contribution < -0.4 is 5.56 Å². The van der Waals surface area contributed by atoms with E-state index in [4.69, 9.17) is 0 Å². The van der Waals surface area contributed by atoms with Crippen molar-refractivity contribution >= 4 is 46.0 Å². The zero-order valence-electron chi connectivity index (χ0n) is 14.9. The van der Waals surface area contributed by atoms with Gasteiger partial charge in [-0.1, -0.05) is 53.7 Å². The highest BCUT2D eigenvalue weighted by Gasteiger charge is 2.12. The maximum absolute atomic E-state index is 12.4. The number of aryl methyl sites for hydroxylation is 1. The molecule has 0 fully saturated rings. The molecule has 0 saturated carbocycles. The lowest BCUT2D eigenvalue weighted by Gasteiger charge is -2.01. The molecule has 0 unspecified atom stereocenters. The van der Waals surface area contributed by atoms with Gasteiger partial charge < -0.3 is 4.98 Å². The minimum atomic E-state index is -0.156. The third-order valence-electron chi connectivity index (χ3n) is 4.15. The summed E-state index contributed by atoms with van der Waals surface area (Å²) in [6.07, 6.45) is 3.60. The molecule has 2 aromatic carbocycles. The molecule has 6 heteroatoms. The van der Waals surface area contributed by atoms with Crippen molar-refractivity contribution in [2.24, 2.45) is 4.99 Å². The molecule has 0 spiro atoms. The molecule has 0 aliphatic carbocycles. The number of thioether (sulfide) groups is 1. The maximum atomic E-state index is 12.4. The van der Waals surface area contributed by atoms with Gasteiger partial charge in [0.05, 0.1) is 10.4 Å². The number of hydrogen-bond donors (Lipinski definition) is 1. The Morgan fingerprint density at radius 3 is 2.74 bits per heavy atom. The predicted molar refractivity (Wildman–Crippen MR) is 116 cm³/mol. The molecule has 0 atom stereocenters. The molecule has 0 saturated heterocycles. The molecule has 4 aromatic rings. The minimum absolute atomic E-state index is 0.156. The van der Waals surface area contributed by atoms with Crippen molar-refractivity contribution in [1.82, 2.24) is 9.97 Å². The van der Waals surface area contributed by atoms with Gasteiger partial charge >= 0.3 is 0 Å². The summed E-state index contributed by atoms with van der Waals surface area (Å²) in [6.45, 7) is 2.03. The molecule has 0 aliphatic heterocycles. The molecule has 27 heavy (non-hydrogen) atoms. The standard InChI is InChI=1S/C21H17N3OS2/c1-13-8-9-17-15(10-13)11-16(20(25)23-17)12-22-19-18(27-21(24-19)26-2)14-6-4-3-5-7-14/h3-12H,1-2H3,(H,23,25). The first-order chi connectivity index (χ1) is 13.1. The van der Waals surface area contributed by atoms with Crippen molar-refractivity contribution in [3.63, 3.8) is 0 Å². The number of aromatic nitrogens is 2. The van der Waals surface area contributed by atoms with Crippen molar-refractivity contribution in [2.45, 2.75) is 11.3 Å². The first-order valence-corrected chi connectivity index (χ1v) is 10.5. The van der Waals surface area contributed by atoms with E-state index in [9.17, 15) is 4.79 Å². The maximum Gasteiger partial charge on any atom is 0.257 e. The van der Waals surface area contributed by atoms with Gasteiger partial charge in [-0.2, -0.15) is 0 Å². The number of H-pyrrole nitrogens is 1. The number of nitrogens with one attached hydrogen (secondary N) is 1. The van der Waals surface area contributed by atoms with Crippen LogP contribution in [-0.4, -0.2) is 22.4 Å². The fourth-order valence-electron chi connectivity index (χ4n) is 2.81. The van der Waals surface area contributed by atoms with E-state index in [0.29, 0.717) is 11.4 Å². The summed E-state index contributed by atoms with van der Waals surface area (Å²) >= 11 is 3.20. The van der Waals surface area contributed by atoms with Gasteiger partial charge in [0.2, 0.25) is 0 Å². The molecule has 0 bridgehead atoms. The van der Waals surface area contributed by atoms with Gasteiger partial charge in [-0.15, -0.1) is 11.3 Å². The zero-order chi connectivity index (χ0) is 18.8. The van der Waals surface area contributed by atoms with Gasteiger partial charge in [0.1, 0.15) is 0 Å². The largest absolute Gasteiger partial charge is 0.321 e. The summed E-state index contributed by atoms with van der Waals surface area (Å²) in [7, 11) is 0. The number of pyridine rings is 1. The highest BCUT2D eigenvalue weighted by Crippen LogP contribution is 2.38. The Balaban J connectivity index is 1.77. The third kappa shape index (κ3) is 3.72. The smallest absolute Gasteiger partial charge is 0.257 e. The molecule has 4 rings (SSSR count). The Labute approximate surface area is 165 Å². The lowest BCUT2D eigenvalue weighted by atomic mass is 10.1. The SMILES string of the molecule is CSc1nc(N=Cc2cc3cc(C)ccc3[nH]c2=O)c(-c2ccccc2)s1. The van der Waals surface area contributed by atoms with E-state index in [0.717, 1.165) is 31.2 Å². The van der Waals surface area contributed by atoms with Crippen LogP contribution in [0.1, 0.15) is 11.1 Å². The number of thiazole rings is 1. The van der Waals surface area contributed by atoms with Crippen LogP contribution >= 0.6 is 23.1 Å². The van der Waals surface area contributed by atoms with E-state index < -0.39 is 0 Å². The molecule has 0 amide bonds. The Hall–Kier alpha value is -2.70. The van der Waals surface area contributed by atoms with Gasteiger partial charge in [0, 0.05) is 11.7 Å². The molecule has 134 valence electrons. The van der Waals surface area contributed by atoms with E-state index in [1.165, 1.54) is 0 Å². The summed E-state index contributed by atoms with van der Waals surface area (Å²) in [5, 5.41) is 0.988. The predicted octanol–water partition coefficient (Wildman–Crippen LogP) is 5.43. The van der Waals surface area contributed by atoms with Crippen LogP contribution in [0.25, 0.3) is 21.3 Å². The molecule has 0 aliphatic rings. The van der Waals surface area contributed by atoms with Crippen LogP contribution in [-0.2, 0) is 0 Å². The van der Waals surface area contributed by atoms with Crippen molar-refractivity contribution in [3.05, 3.63) is 76.1 Å². The lowest BCUT2D eigenvalue weighted by Crippen LogP contribution is -2.11. The first-order valence-electron chi connectivity index (χ1n) is 8.42. The van der Waals surface area contributed by atoms with Gasteiger partial charge in [-0.05, 0) is 42.3 Å². The summed E-state index contributed by atoms with van der Waals surface area (Å²) in [6, 6.07) is 17.9. The van der Waals surface area contributed by atoms with Crippen molar-refractivity contribution in [2.75, 3.05) is 6.26 Å². The van der Waals surface area contributed by atoms with Crippen LogP contribution in [0.3, 0.4) is 0 Å². The van der Waals surface area contributed by atoms with E-state index >= 15 is 0 Å². The van der Waals surface area contributed by atoms with Crippen LogP contribution in [0.4, 0.5) is 5.82 Å². The summed E-state index contributed by atoms with van der Waals surface area (Å²) in [4.78, 5) is 25.5. The van der Waals surface area contributed by atoms with E-state index in [-0.39, 0.29) is 5.56 Å². The lowest BCUT2D eigenvalue weighted by molar-refractivity contribution is 1.22. The topological polar surface area (TPSA) is 58.1 Å². The Kier molecular flexibility index (Phi) is 4.92. The molecule has 1 N–H and O–H groups in total. The van der Waals surface area contributed by atoms with E-state index in [2.05, 4.69) is 15.0 Å². The zero-order valence-corrected chi connectivity index (χ0v) is 16.5. The number of aromatic amines is 1. The van der Waals surface area contributed by atoms with Crippen LogP contribution in [0.15, 0.2) is 68.7 Å². The van der Waals surface area contributed by atoms with E-state index in [1.54, 1.807) is 29.3 Å². The molecule has 0 radical (unpaired) electrons. The number of fused-ring (bicyclic) bond motifs is 1. The second-order valence-corrected chi connectivity index (χ2v) is 8.16. The van der Waals surface area contributed by atoms with Gasteiger partial charge in [-0.25, -0.2) is 9.98 Å². The molecule has 2 heterocycles. The quantitative estimate of drug-likeness (QED) is 0.373. The van der Waals surface area contributed by atoms with Crippen LogP contribution in [0.2, 0.25) is 0 Å². The van der Waals surface area contributed by atoms with Crippen molar-refractivity contribution in [1.29, 1.82) is 0 Å². The fourth-order valence-corrected chi connectivity index (χ4v) is 4.33. The second kappa shape index (κ2) is 7.50. The highest BCUT2D eigenvalue weighted by molar-refractivity contribution is 8.00. The number of nitrogens with zero attached hydrogens (tertiary/aromatic N) is 2. The molecular formula is C21H17N3OS2. The van der Waals surface area contributed by atoms with Gasteiger partial charge in [-0.3, -0.25) is 4.79 Å². The third-order valence-corrected chi connectivity index (χ3v) is 6.23. The number of aliphatic imine (C=N–C) groups is 1. The minimum Gasteiger partial charge on any atom is -0.321 e. The Morgan fingerprint density at radius 1 is 1.15 bits per heavy atom. The molecule has 4 nitrogen and oxygen atoms in total. The number of hydrogen-bond acceptors (Lipinski definition) is 5. The first kappa shape index (κ1) is 17.7. The van der Waals surface area contributed by atoms with Gasteiger partial charge in [0.25, 0.3) is 5.56 Å². The summed E-state index contributed by atoms with van der Waals surface area (Å²) in [5.74, 6) is 0.638. The average molecular weight is 392 g/mol. The Bertz CT molecular complexity index is 1190. The van der Waals surface area contributed by atoms with Crippen LogP contribution in [0, 0.1) is 6.92 Å².